The van der Waals surface area contributed by atoms with Gasteiger partial charge in [0.25, 0.3) is 5.69 Å². The smallest absolute Gasteiger partial charge is 0.269 e. The summed E-state index contributed by atoms with van der Waals surface area (Å²) in [6.45, 7) is 0.656. The molecule has 1 N–H and O–H groups in total. The lowest BCUT2D eigenvalue weighted by atomic mass is 10.0. The Morgan fingerprint density at radius 3 is 2.42 bits per heavy atom. The summed E-state index contributed by atoms with van der Waals surface area (Å²) in [6, 6.07) is 13.7. The van der Waals surface area contributed by atoms with Crippen LogP contribution in [0.3, 0.4) is 0 Å². The predicted octanol–water partition coefficient (Wildman–Crippen LogP) is 3.31. The number of hydrogen-bond donors (Lipinski definition) is 1. The van der Waals surface area contributed by atoms with Gasteiger partial charge in [-0.1, -0.05) is 23.7 Å². The second kappa shape index (κ2) is 6.98. The molecule has 2 aromatic carbocycles. The highest BCUT2D eigenvalue weighted by Gasteiger charge is 2.30. The lowest BCUT2D eigenvalue weighted by Gasteiger charge is -2.24. The molecule has 0 radical (unpaired) electrons. The van der Waals surface area contributed by atoms with Crippen LogP contribution in [-0.4, -0.2) is 23.9 Å². The van der Waals surface area contributed by atoms with E-state index in [9.17, 15) is 14.9 Å². The van der Waals surface area contributed by atoms with Crippen LogP contribution in [0.1, 0.15) is 18.0 Å². The van der Waals surface area contributed by atoms with Gasteiger partial charge in [-0.15, -0.1) is 0 Å². The van der Waals surface area contributed by atoms with Crippen molar-refractivity contribution in [2.24, 2.45) is 0 Å². The Morgan fingerprint density at radius 2 is 1.83 bits per heavy atom. The third kappa shape index (κ3) is 3.39. The maximum Gasteiger partial charge on any atom is 0.269 e. The SMILES string of the molecule is O=CN(c1ccc(Cl)cc1)C1CNC(c2ccc([N+](=O)[O-])cc2)C1. The fourth-order valence-electron chi connectivity index (χ4n) is 2.98. The highest BCUT2D eigenvalue weighted by Crippen LogP contribution is 2.29. The van der Waals surface area contributed by atoms with Gasteiger partial charge in [-0.05, 0) is 36.2 Å². The molecule has 7 heteroatoms. The number of non-ortho nitro benzene ring substituents is 1. The lowest BCUT2D eigenvalue weighted by Crippen LogP contribution is -2.35. The normalized spacial score (nSPS) is 19.9. The Balaban J connectivity index is 1.72. The zero-order chi connectivity index (χ0) is 17.1. The van der Waals surface area contributed by atoms with E-state index in [-0.39, 0.29) is 17.8 Å². The molecular weight excluding hydrogens is 330 g/mol. The van der Waals surface area contributed by atoms with E-state index in [1.807, 2.05) is 12.1 Å². The molecule has 2 unspecified atom stereocenters. The Labute approximate surface area is 144 Å². The molecule has 6 nitrogen and oxygen atoms in total. The third-order valence-corrected chi connectivity index (χ3v) is 4.50. The van der Waals surface area contributed by atoms with E-state index in [2.05, 4.69) is 5.32 Å². The van der Waals surface area contributed by atoms with Crippen molar-refractivity contribution >= 4 is 29.4 Å². The predicted molar refractivity (Wildman–Crippen MR) is 92.2 cm³/mol. The van der Waals surface area contributed by atoms with E-state index in [1.165, 1.54) is 12.1 Å². The number of amides is 1. The van der Waals surface area contributed by atoms with Gasteiger partial charge in [0.05, 0.1) is 11.0 Å². The maximum atomic E-state index is 11.5. The first-order valence-electron chi connectivity index (χ1n) is 7.55. The number of nitrogens with zero attached hydrogens (tertiary/aromatic N) is 2. The number of rotatable bonds is 5. The van der Waals surface area contributed by atoms with Crippen LogP contribution in [-0.2, 0) is 4.79 Å². The number of nitrogens with one attached hydrogen (secondary N) is 1. The van der Waals surface area contributed by atoms with Crippen LogP contribution in [0.4, 0.5) is 11.4 Å². The van der Waals surface area contributed by atoms with Crippen molar-refractivity contribution in [1.29, 1.82) is 0 Å². The first kappa shape index (κ1) is 16.4. The monoisotopic (exact) mass is 345 g/mol. The van der Waals surface area contributed by atoms with E-state index in [0.29, 0.717) is 11.6 Å². The topological polar surface area (TPSA) is 75.5 Å². The van der Waals surface area contributed by atoms with E-state index in [0.717, 1.165) is 24.1 Å². The lowest BCUT2D eigenvalue weighted by molar-refractivity contribution is -0.384. The molecule has 0 saturated carbocycles. The molecule has 124 valence electrons. The molecule has 2 aromatic rings. The van der Waals surface area contributed by atoms with Crippen LogP contribution >= 0.6 is 11.6 Å². The van der Waals surface area contributed by atoms with Crippen molar-refractivity contribution in [3.63, 3.8) is 0 Å². The number of halogens is 1. The molecule has 24 heavy (non-hydrogen) atoms. The summed E-state index contributed by atoms with van der Waals surface area (Å²) >= 11 is 5.89. The van der Waals surface area contributed by atoms with E-state index in [4.69, 9.17) is 11.6 Å². The zero-order valence-electron chi connectivity index (χ0n) is 12.8. The quantitative estimate of drug-likeness (QED) is 0.512. The van der Waals surface area contributed by atoms with Crippen molar-refractivity contribution in [3.8, 4) is 0 Å². The minimum Gasteiger partial charge on any atom is -0.311 e. The number of hydrogen-bond acceptors (Lipinski definition) is 4. The van der Waals surface area contributed by atoms with Crippen LogP contribution < -0.4 is 10.2 Å². The van der Waals surface area contributed by atoms with Gasteiger partial charge in [-0.3, -0.25) is 14.9 Å². The first-order chi connectivity index (χ1) is 11.6. The number of carbonyl (C=O) groups is 1. The Morgan fingerprint density at radius 1 is 1.17 bits per heavy atom. The van der Waals surface area contributed by atoms with Crippen LogP contribution in [0.15, 0.2) is 48.5 Å². The summed E-state index contributed by atoms with van der Waals surface area (Å²) in [5.41, 5.74) is 1.85. The number of anilines is 1. The van der Waals surface area contributed by atoms with Gasteiger partial charge >= 0.3 is 0 Å². The Kier molecular flexibility index (Phi) is 4.78. The molecule has 1 aliphatic rings. The van der Waals surface area contributed by atoms with Gasteiger partial charge in [0.1, 0.15) is 0 Å². The first-order valence-corrected chi connectivity index (χ1v) is 7.93. The minimum absolute atomic E-state index is 0.0175. The summed E-state index contributed by atoms with van der Waals surface area (Å²) < 4.78 is 0. The molecule has 0 aromatic heterocycles. The van der Waals surface area contributed by atoms with Gasteiger partial charge < -0.3 is 10.2 Å². The Hall–Kier alpha value is -2.44. The fraction of sp³-hybridized carbons (Fsp3) is 0.235. The molecule has 3 rings (SSSR count). The van der Waals surface area contributed by atoms with Gasteiger partial charge in [-0.2, -0.15) is 0 Å². The summed E-state index contributed by atoms with van der Waals surface area (Å²) in [4.78, 5) is 23.5. The third-order valence-electron chi connectivity index (χ3n) is 4.25. The average molecular weight is 346 g/mol. The number of nitro groups is 1. The summed E-state index contributed by atoms with van der Waals surface area (Å²) in [6.07, 6.45) is 1.56. The molecule has 1 aliphatic heterocycles. The number of carbonyl (C=O) groups excluding carboxylic acids is 1. The fourth-order valence-corrected chi connectivity index (χ4v) is 3.11. The number of benzene rings is 2. The van der Waals surface area contributed by atoms with Gasteiger partial charge in [0.2, 0.25) is 6.41 Å². The zero-order valence-corrected chi connectivity index (χ0v) is 13.5. The van der Waals surface area contributed by atoms with Crippen LogP contribution in [0.5, 0.6) is 0 Å². The van der Waals surface area contributed by atoms with Crippen LogP contribution in [0.2, 0.25) is 5.02 Å². The van der Waals surface area contributed by atoms with Crippen molar-refractivity contribution in [2.45, 2.75) is 18.5 Å². The molecule has 1 fully saturated rings. The van der Waals surface area contributed by atoms with E-state index in [1.54, 1.807) is 29.2 Å². The molecule has 2 atom stereocenters. The van der Waals surface area contributed by atoms with Crippen molar-refractivity contribution in [2.75, 3.05) is 11.4 Å². The van der Waals surface area contributed by atoms with Gasteiger partial charge in [0.15, 0.2) is 0 Å². The van der Waals surface area contributed by atoms with E-state index < -0.39 is 4.92 Å². The second-order valence-corrected chi connectivity index (χ2v) is 6.12. The standard InChI is InChI=1S/C17H16ClN3O3/c18-13-3-7-14(8-4-13)20(11-22)16-9-17(19-10-16)12-1-5-15(6-2-12)21(23)24/h1-8,11,16-17,19H,9-10H2. The van der Waals surface area contributed by atoms with Gasteiger partial charge in [-0.25, -0.2) is 0 Å². The maximum absolute atomic E-state index is 11.5. The summed E-state index contributed by atoms with van der Waals surface area (Å²) in [5.74, 6) is 0. The highest BCUT2D eigenvalue weighted by molar-refractivity contribution is 6.30. The Bertz CT molecular complexity index is 734. The van der Waals surface area contributed by atoms with Gasteiger partial charge in [0, 0.05) is 35.4 Å². The van der Waals surface area contributed by atoms with E-state index >= 15 is 0 Å². The van der Waals surface area contributed by atoms with Crippen LogP contribution in [0.25, 0.3) is 0 Å². The van der Waals surface area contributed by atoms with Crippen LogP contribution in [0, 0.1) is 10.1 Å². The summed E-state index contributed by atoms with van der Waals surface area (Å²) in [5, 5.41) is 14.7. The highest BCUT2D eigenvalue weighted by atomic mass is 35.5. The minimum atomic E-state index is -0.413. The van der Waals surface area contributed by atoms with Crippen molar-refractivity contribution in [1.82, 2.24) is 5.32 Å². The largest absolute Gasteiger partial charge is 0.311 e. The van der Waals surface area contributed by atoms with Crippen molar-refractivity contribution in [3.05, 3.63) is 69.2 Å². The number of nitro benzene ring substituents is 1. The molecule has 1 heterocycles. The average Bonchev–Trinajstić information content (AvgIpc) is 3.07. The van der Waals surface area contributed by atoms with Crippen molar-refractivity contribution < 1.29 is 9.72 Å². The second-order valence-electron chi connectivity index (χ2n) is 5.69. The molecule has 0 bridgehead atoms. The molecule has 0 spiro atoms. The molecular formula is C17H16ClN3O3. The summed E-state index contributed by atoms with van der Waals surface area (Å²) in [7, 11) is 0. The molecule has 1 amide bonds. The molecule has 1 saturated heterocycles. The molecule has 0 aliphatic carbocycles.